The first-order valence-corrected chi connectivity index (χ1v) is 11.0. The average molecular weight is 465 g/mol. The van der Waals surface area contributed by atoms with E-state index in [2.05, 4.69) is 5.32 Å². The summed E-state index contributed by atoms with van der Waals surface area (Å²) in [5.41, 5.74) is 1.84. The van der Waals surface area contributed by atoms with Crippen LogP contribution in [0.2, 0.25) is 10.0 Å². The first-order valence-electron chi connectivity index (χ1n) is 10.2. The predicted octanol–water partition coefficient (Wildman–Crippen LogP) is 5.21. The third-order valence-corrected chi connectivity index (χ3v) is 6.01. The normalized spacial score (nSPS) is 13.2. The number of hydrogen-bond donors (Lipinski definition) is 1. The van der Waals surface area contributed by atoms with Crippen LogP contribution >= 0.6 is 23.2 Å². The minimum absolute atomic E-state index is 0.121. The van der Waals surface area contributed by atoms with Gasteiger partial charge in [-0.15, -0.1) is 0 Å². The standard InChI is InChI=1S/C23H26Cl2N2O4/c1-30-20-13-16(23(29)27-10-3-4-11-27)19(14-21(20)31-2)26-22(28)7-5-6-15-8-9-17(24)18(25)12-15/h8-9,12-14H,3-7,10-11H2,1-2H3,(H,26,28). The molecule has 0 saturated carbocycles. The Balaban J connectivity index is 1.71. The maximum Gasteiger partial charge on any atom is 0.256 e. The number of rotatable bonds is 8. The Hall–Kier alpha value is -2.44. The van der Waals surface area contributed by atoms with Crippen LogP contribution in [0.15, 0.2) is 30.3 Å². The van der Waals surface area contributed by atoms with Crippen LogP contribution in [0.5, 0.6) is 11.5 Å². The monoisotopic (exact) mass is 464 g/mol. The van der Waals surface area contributed by atoms with Gasteiger partial charge in [0.05, 0.1) is 35.5 Å². The maximum atomic E-state index is 13.0. The van der Waals surface area contributed by atoms with Crippen molar-refractivity contribution in [2.24, 2.45) is 0 Å². The Bertz CT molecular complexity index is 959. The van der Waals surface area contributed by atoms with Crippen molar-refractivity contribution in [1.29, 1.82) is 0 Å². The fraction of sp³-hybridized carbons (Fsp3) is 0.391. The number of nitrogens with zero attached hydrogens (tertiary/aromatic N) is 1. The molecule has 0 unspecified atom stereocenters. The molecule has 0 radical (unpaired) electrons. The van der Waals surface area contributed by atoms with Crippen molar-refractivity contribution in [3.63, 3.8) is 0 Å². The molecule has 0 aromatic heterocycles. The predicted molar refractivity (Wildman–Crippen MR) is 123 cm³/mol. The van der Waals surface area contributed by atoms with Gasteiger partial charge in [0.1, 0.15) is 0 Å². The fourth-order valence-electron chi connectivity index (χ4n) is 3.61. The van der Waals surface area contributed by atoms with E-state index < -0.39 is 0 Å². The number of anilines is 1. The molecule has 31 heavy (non-hydrogen) atoms. The van der Waals surface area contributed by atoms with Crippen LogP contribution in [0.1, 0.15) is 41.6 Å². The number of methoxy groups -OCH3 is 2. The molecule has 6 nitrogen and oxygen atoms in total. The first kappa shape index (κ1) is 23.2. The van der Waals surface area contributed by atoms with Crippen LogP contribution in [0, 0.1) is 0 Å². The summed E-state index contributed by atoms with van der Waals surface area (Å²) in [5, 5.41) is 3.88. The fourth-order valence-corrected chi connectivity index (χ4v) is 3.93. The van der Waals surface area contributed by atoms with Crippen LogP contribution < -0.4 is 14.8 Å². The van der Waals surface area contributed by atoms with E-state index in [1.807, 2.05) is 12.1 Å². The lowest BCUT2D eigenvalue weighted by molar-refractivity contribution is -0.116. The van der Waals surface area contributed by atoms with Crippen molar-refractivity contribution in [3.05, 3.63) is 51.5 Å². The number of carbonyl (C=O) groups excluding carboxylic acids is 2. The van der Waals surface area contributed by atoms with Gasteiger partial charge in [0.25, 0.3) is 5.91 Å². The molecule has 0 aliphatic carbocycles. The lowest BCUT2D eigenvalue weighted by atomic mass is 10.1. The van der Waals surface area contributed by atoms with Crippen molar-refractivity contribution in [3.8, 4) is 11.5 Å². The number of hydrogen-bond acceptors (Lipinski definition) is 4. The number of halogens is 2. The highest BCUT2D eigenvalue weighted by atomic mass is 35.5. The molecule has 1 saturated heterocycles. The van der Waals surface area contributed by atoms with Crippen LogP contribution in [-0.2, 0) is 11.2 Å². The van der Waals surface area contributed by atoms with Gasteiger partial charge in [0.15, 0.2) is 11.5 Å². The van der Waals surface area contributed by atoms with Crippen molar-refractivity contribution in [2.45, 2.75) is 32.1 Å². The molecule has 0 atom stereocenters. The van der Waals surface area contributed by atoms with E-state index in [-0.39, 0.29) is 11.8 Å². The number of likely N-dealkylation sites (tertiary alicyclic amines) is 1. The van der Waals surface area contributed by atoms with Gasteiger partial charge in [-0.2, -0.15) is 0 Å². The summed E-state index contributed by atoms with van der Waals surface area (Å²) in [5.74, 6) is 0.599. The zero-order chi connectivity index (χ0) is 22.4. The molecule has 1 N–H and O–H groups in total. The van der Waals surface area contributed by atoms with Gasteiger partial charge in [0.2, 0.25) is 5.91 Å². The number of carbonyl (C=O) groups is 2. The van der Waals surface area contributed by atoms with Gasteiger partial charge in [-0.1, -0.05) is 29.3 Å². The van der Waals surface area contributed by atoms with Crippen LogP contribution in [-0.4, -0.2) is 44.0 Å². The van der Waals surface area contributed by atoms with Gasteiger partial charge >= 0.3 is 0 Å². The zero-order valence-corrected chi connectivity index (χ0v) is 19.2. The van der Waals surface area contributed by atoms with E-state index in [1.54, 1.807) is 23.1 Å². The number of nitrogens with one attached hydrogen (secondary N) is 1. The summed E-state index contributed by atoms with van der Waals surface area (Å²) in [6.45, 7) is 1.43. The molecule has 8 heteroatoms. The summed E-state index contributed by atoms with van der Waals surface area (Å²) in [6, 6.07) is 8.72. The molecule has 1 aliphatic rings. The highest BCUT2D eigenvalue weighted by Gasteiger charge is 2.25. The second-order valence-corrected chi connectivity index (χ2v) is 8.22. The summed E-state index contributed by atoms with van der Waals surface area (Å²) in [6.07, 6.45) is 3.58. The van der Waals surface area contributed by atoms with E-state index in [4.69, 9.17) is 32.7 Å². The Labute approximate surface area is 192 Å². The summed E-state index contributed by atoms with van der Waals surface area (Å²) < 4.78 is 10.7. The number of aryl methyl sites for hydroxylation is 1. The average Bonchev–Trinajstić information content (AvgIpc) is 3.30. The van der Waals surface area contributed by atoms with Crippen LogP contribution in [0.3, 0.4) is 0 Å². The van der Waals surface area contributed by atoms with E-state index in [1.165, 1.54) is 14.2 Å². The molecule has 1 heterocycles. The van der Waals surface area contributed by atoms with Gasteiger partial charge < -0.3 is 19.7 Å². The highest BCUT2D eigenvalue weighted by Crippen LogP contribution is 2.34. The Morgan fingerprint density at radius 2 is 1.68 bits per heavy atom. The molecule has 2 aromatic rings. The van der Waals surface area contributed by atoms with E-state index >= 15 is 0 Å². The number of ether oxygens (including phenoxy) is 2. The highest BCUT2D eigenvalue weighted by molar-refractivity contribution is 6.42. The summed E-state index contributed by atoms with van der Waals surface area (Å²) in [7, 11) is 3.03. The minimum atomic E-state index is -0.178. The van der Waals surface area contributed by atoms with E-state index in [0.717, 1.165) is 18.4 Å². The molecule has 3 rings (SSSR count). The third kappa shape index (κ3) is 5.83. The quantitative estimate of drug-likeness (QED) is 0.582. The number of amides is 2. The lowest BCUT2D eigenvalue weighted by Gasteiger charge is -2.20. The molecule has 1 fully saturated rings. The van der Waals surface area contributed by atoms with Crippen molar-refractivity contribution in [1.82, 2.24) is 4.90 Å². The largest absolute Gasteiger partial charge is 0.493 e. The maximum absolute atomic E-state index is 13.0. The van der Waals surface area contributed by atoms with Gasteiger partial charge in [-0.3, -0.25) is 9.59 Å². The van der Waals surface area contributed by atoms with Crippen molar-refractivity contribution < 1.29 is 19.1 Å². The SMILES string of the molecule is COc1cc(NC(=O)CCCc2ccc(Cl)c(Cl)c2)c(C(=O)N2CCCC2)cc1OC. The van der Waals surface area contributed by atoms with Gasteiger partial charge in [-0.25, -0.2) is 0 Å². The van der Waals surface area contributed by atoms with Gasteiger partial charge in [-0.05, 0) is 49.4 Å². The molecular formula is C23H26Cl2N2O4. The molecular weight excluding hydrogens is 439 g/mol. The summed E-state index contributed by atoms with van der Waals surface area (Å²) in [4.78, 5) is 27.4. The van der Waals surface area contributed by atoms with Crippen molar-refractivity contribution in [2.75, 3.05) is 32.6 Å². The Kier molecular flexibility index (Phi) is 8.04. The Morgan fingerprint density at radius 1 is 1.00 bits per heavy atom. The van der Waals surface area contributed by atoms with Crippen LogP contribution in [0.25, 0.3) is 0 Å². The Morgan fingerprint density at radius 3 is 2.32 bits per heavy atom. The van der Waals surface area contributed by atoms with Crippen LogP contribution in [0.4, 0.5) is 5.69 Å². The third-order valence-electron chi connectivity index (χ3n) is 5.27. The molecule has 0 bridgehead atoms. The molecule has 0 spiro atoms. The smallest absolute Gasteiger partial charge is 0.256 e. The topological polar surface area (TPSA) is 67.9 Å². The number of benzene rings is 2. The molecule has 166 valence electrons. The van der Waals surface area contributed by atoms with E-state index in [9.17, 15) is 9.59 Å². The second kappa shape index (κ2) is 10.7. The lowest BCUT2D eigenvalue weighted by Crippen LogP contribution is -2.29. The zero-order valence-electron chi connectivity index (χ0n) is 17.7. The minimum Gasteiger partial charge on any atom is -0.493 e. The molecule has 2 amide bonds. The first-order chi connectivity index (χ1) is 14.9. The molecule has 1 aliphatic heterocycles. The second-order valence-electron chi connectivity index (χ2n) is 7.40. The summed E-state index contributed by atoms with van der Waals surface area (Å²) >= 11 is 12.0. The van der Waals surface area contributed by atoms with E-state index in [0.29, 0.717) is 65.1 Å². The van der Waals surface area contributed by atoms with Gasteiger partial charge in [0, 0.05) is 25.6 Å². The molecule has 2 aromatic carbocycles. The van der Waals surface area contributed by atoms with Crippen molar-refractivity contribution >= 4 is 40.7 Å².